The molecule has 0 unspecified atom stereocenters. The number of hydrogen-bond donors (Lipinski definition) is 3. The molecule has 3 N–H and O–H groups in total. The maximum absolute atomic E-state index is 11.5. The lowest BCUT2D eigenvalue weighted by molar-refractivity contribution is 0.252. The first kappa shape index (κ1) is 14.5. The van der Waals surface area contributed by atoms with Gasteiger partial charge in [0, 0.05) is 12.2 Å². The minimum atomic E-state index is -0.144. The normalized spacial score (nSPS) is 10.1. The molecule has 0 radical (unpaired) electrons. The smallest absolute Gasteiger partial charge is 0.319 e. The first-order valence-electron chi connectivity index (χ1n) is 6.63. The molecule has 18 heavy (non-hydrogen) atoms. The Labute approximate surface area is 109 Å². The highest BCUT2D eigenvalue weighted by molar-refractivity contribution is 5.89. The van der Waals surface area contributed by atoms with Crippen LogP contribution in [0.2, 0.25) is 0 Å². The maximum Gasteiger partial charge on any atom is 0.319 e. The second-order valence-corrected chi connectivity index (χ2v) is 4.20. The summed E-state index contributed by atoms with van der Waals surface area (Å²) in [6.07, 6.45) is 3.37. The van der Waals surface area contributed by atoms with E-state index in [4.69, 9.17) is 0 Å². The molecule has 4 nitrogen and oxygen atoms in total. The van der Waals surface area contributed by atoms with Gasteiger partial charge in [0.25, 0.3) is 0 Å². The van der Waals surface area contributed by atoms with Crippen molar-refractivity contribution in [2.24, 2.45) is 0 Å². The Hall–Kier alpha value is -1.55. The summed E-state index contributed by atoms with van der Waals surface area (Å²) in [6, 6.07) is 9.30. The molecule has 0 aliphatic rings. The van der Waals surface area contributed by atoms with Gasteiger partial charge in [-0.05, 0) is 38.1 Å². The van der Waals surface area contributed by atoms with Crippen LogP contribution in [0.5, 0.6) is 0 Å². The van der Waals surface area contributed by atoms with E-state index in [0.29, 0.717) is 6.54 Å². The monoisotopic (exact) mass is 249 g/mol. The lowest BCUT2D eigenvalue weighted by Crippen LogP contribution is -2.31. The number of anilines is 1. The second-order valence-electron chi connectivity index (χ2n) is 4.20. The molecule has 4 heteroatoms. The van der Waals surface area contributed by atoms with Crippen LogP contribution in [0.15, 0.2) is 30.3 Å². The van der Waals surface area contributed by atoms with Gasteiger partial charge in [-0.25, -0.2) is 4.79 Å². The lowest BCUT2D eigenvalue weighted by Gasteiger charge is -2.07. The zero-order valence-electron chi connectivity index (χ0n) is 11.0. The van der Waals surface area contributed by atoms with Crippen molar-refractivity contribution in [2.45, 2.75) is 26.2 Å². The molecule has 0 bridgehead atoms. The number of rotatable bonds is 8. The van der Waals surface area contributed by atoms with Crippen molar-refractivity contribution in [2.75, 3.05) is 25.0 Å². The Balaban J connectivity index is 2.00. The molecule has 100 valence electrons. The number of para-hydroxylation sites is 1. The third kappa shape index (κ3) is 6.91. The van der Waals surface area contributed by atoms with Crippen LogP contribution < -0.4 is 16.0 Å². The highest BCUT2D eigenvalue weighted by Gasteiger charge is 1.99. The van der Waals surface area contributed by atoms with Crippen LogP contribution in [0.4, 0.5) is 10.5 Å². The van der Waals surface area contributed by atoms with Gasteiger partial charge in [0.15, 0.2) is 0 Å². The third-order valence-electron chi connectivity index (χ3n) is 2.55. The largest absolute Gasteiger partial charge is 0.338 e. The van der Waals surface area contributed by atoms with Gasteiger partial charge >= 0.3 is 6.03 Å². The van der Waals surface area contributed by atoms with Crippen LogP contribution in [0.3, 0.4) is 0 Å². The molecule has 0 saturated heterocycles. The number of amides is 2. The predicted molar refractivity (Wildman–Crippen MR) is 75.9 cm³/mol. The van der Waals surface area contributed by atoms with Gasteiger partial charge < -0.3 is 16.0 Å². The number of carbonyl (C=O) groups excluding carboxylic acids is 1. The molecular weight excluding hydrogens is 226 g/mol. The average molecular weight is 249 g/mol. The quantitative estimate of drug-likeness (QED) is 0.620. The fraction of sp³-hybridized carbons (Fsp3) is 0.500. The van der Waals surface area contributed by atoms with E-state index in [2.05, 4.69) is 22.9 Å². The van der Waals surface area contributed by atoms with E-state index in [0.717, 1.165) is 25.2 Å². The zero-order chi connectivity index (χ0) is 13.1. The topological polar surface area (TPSA) is 53.2 Å². The van der Waals surface area contributed by atoms with Crippen molar-refractivity contribution in [1.82, 2.24) is 10.6 Å². The van der Waals surface area contributed by atoms with E-state index in [-0.39, 0.29) is 6.03 Å². The zero-order valence-corrected chi connectivity index (χ0v) is 11.0. The van der Waals surface area contributed by atoms with Crippen molar-refractivity contribution >= 4 is 11.7 Å². The maximum atomic E-state index is 11.5. The van der Waals surface area contributed by atoms with Crippen LogP contribution in [0.1, 0.15) is 26.2 Å². The van der Waals surface area contributed by atoms with Crippen molar-refractivity contribution in [3.63, 3.8) is 0 Å². The second kappa shape index (κ2) is 9.48. The Morgan fingerprint density at radius 2 is 1.78 bits per heavy atom. The molecule has 0 aliphatic carbocycles. The number of benzene rings is 1. The predicted octanol–water partition coefficient (Wildman–Crippen LogP) is 2.59. The molecule has 2 amide bonds. The fourth-order valence-electron chi connectivity index (χ4n) is 1.54. The minimum Gasteiger partial charge on any atom is -0.338 e. The van der Waals surface area contributed by atoms with Crippen molar-refractivity contribution < 1.29 is 4.79 Å². The van der Waals surface area contributed by atoms with Crippen LogP contribution in [-0.4, -0.2) is 25.7 Å². The molecule has 0 aromatic heterocycles. The SMILES string of the molecule is CCCCNCCCNC(=O)Nc1ccccc1. The van der Waals surface area contributed by atoms with Crippen LogP contribution >= 0.6 is 0 Å². The van der Waals surface area contributed by atoms with E-state index in [1.54, 1.807) is 0 Å². The molecule has 0 fully saturated rings. The molecule has 1 aromatic carbocycles. The van der Waals surface area contributed by atoms with E-state index < -0.39 is 0 Å². The number of urea groups is 1. The molecule has 0 spiro atoms. The van der Waals surface area contributed by atoms with E-state index in [1.807, 2.05) is 30.3 Å². The van der Waals surface area contributed by atoms with Gasteiger partial charge in [-0.3, -0.25) is 0 Å². The Kier molecular flexibility index (Phi) is 7.64. The number of unbranched alkanes of at least 4 members (excludes halogenated alkanes) is 1. The van der Waals surface area contributed by atoms with Crippen molar-refractivity contribution in [1.29, 1.82) is 0 Å². The highest BCUT2D eigenvalue weighted by Crippen LogP contribution is 2.03. The van der Waals surface area contributed by atoms with Crippen LogP contribution in [0, 0.1) is 0 Å². The Bertz CT molecular complexity index is 327. The number of carbonyl (C=O) groups is 1. The van der Waals surface area contributed by atoms with Gasteiger partial charge in [-0.15, -0.1) is 0 Å². The summed E-state index contributed by atoms with van der Waals surface area (Å²) in [5.74, 6) is 0. The molecule has 1 rings (SSSR count). The summed E-state index contributed by atoms with van der Waals surface area (Å²) < 4.78 is 0. The molecular formula is C14H23N3O. The fourth-order valence-corrected chi connectivity index (χ4v) is 1.54. The number of hydrogen-bond acceptors (Lipinski definition) is 2. The summed E-state index contributed by atoms with van der Waals surface area (Å²) in [6.45, 7) is 4.88. The van der Waals surface area contributed by atoms with Crippen LogP contribution in [-0.2, 0) is 0 Å². The Morgan fingerprint density at radius 1 is 1.06 bits per heavy atom. The van der Waals surface area contributed by atoms with Crippen molar-refractivity contribution in [3.8, 4) is 0 Å². The summed E-state index contributed by atoms with van der Waals surface area (Å²) >= 11 is 0. The van der Waals surface area contributed by atoms with Gasteiger partial charge in [-0.1, -0.05) is 31.5 Å². The highest BCUT2D eigenvalue weighted by atomic mass is 16.2. The van der Waals surface area contributed by atoms with Gasteiger partial charge in [0.2, 0.25) is 0 Å². The molecule has 0 heterocycles. The van der Waals surface area contributed by atoms with E-state index >= 15 is 0 Å². The Morgan fingerprint density at radius 3 is 2.50 bits per heavy atom. The molecule has 0 aliphatic heterocycles. The summed E-state index contributed by atoms with van der Waals surface area (Å²) in [5, 5.41) is 8.95. The number of nitrogens with one attached hydrogen (secondary N) is 3. The van der Waals surface area contributed by atoms with Gasteiger partial charge in [0.1, 0.15) is 0 Å². The third-order valence-corrected chi connectivity index (χ3v) is 2.55. The molecule has 1 aromatic rings. The standard InChI is InChI=1S/C14H23N3O/c1-2-3-10-15-11-7-12-16-14(18)17-13-8-5-4-6-9-13/h4-6,8-9,15H,2-3,7,10-12H2,1H3,(H2,16,17,18). The summed E-state index contributed by atoms with van der Waals surface area (Å²) in [5.41, 5.74) is 0.816. The molecule has 0 atom stereocenters. The molecule has 0 saturated carbocycles. The van der Waals surface area contributed by atoms with Gasteiger partial charge in [0.05, 0.1) is 0 Å². The summed E-state index contributed by atoms with van der Waals surface area (Å²) in [4.78, 5) is 11.5. The van der Waals surface area contributed by atoms with Gasteiger partial charge in [-0.2, -0.15) is 0 Å². The minimum absolute atomic E-state index is 0.144. The van der Waals surface area contributed by atoms with E-state index in [9.17, 15) is 4.79 Å². The first-order chi connectivity index (χ1) is 8.83. The van der Waals surface area contributed by atoms with E-state index in [1.165, 1.54) is 12.8 Å². The first-order valence-corrected chi connectivity index (χ1v) is 6.63. The van der Waals surface area contributed by atoms with Crippen LogP contribution in [0.25, 0.3) is 0 Å². The van der Waals surface area contributed by atoms with Crippen molar-refractivity contribution in [3.05, 3.63) is 30.3 Å². The lowest BCUT2D eigenvalue weighted by atomic mass is 10.3. The summed E-state index contributed by atoms with van der Waals surface area (Å²) in [7, 11) is 0. The average Bonchev–Trinajstić information content (AvgIpc) is 2.39.